The maximum Gasteiger partial charge on any atom is 0.193 e. The van der Waals surface area contributed by atoms with Crippen LogP contribution in [0, 0.1) is 0 Å². The Bertz CT molecular complexity index is 509. The summed E-state index contributed by atoms with van der Waals surface area (Å²) >= 11 is 3.62. The normalized spacial score (nSPS) is 11.0. The lowest BCUT2D eigenvalue weighted by Crippen LogP contribution is -2.40. The molecule has 0 saturated carbocycles. The van der Waals surface area contributed by atoms with E-state index in [2.05, 4.69) is 57.3 Å². The SMILES string of the molecule is CN=C(NCCc1cccs1)N(C)CCc1cccs1.I. The molecule has 0 radical (unpaired) electrons. The van der Waals surface area contributed by atoms with Gasteiger partial charge in [0.2, 0.25) is 0 Å². The number of hydrogen-bond donors (Lipinski definition) is 1. The minimum atomic E-state index is 0. The summed E-state index contributed by atoms with van der Waals surface area (Å²) in [4.78, 5) is 9.37. The maximum absolute atomic E-state index is 4.35. The Morgan fingerprint density at radius 3 is 2.29 bits per heavy atom. The molecule has 0 bridgehead atoms. The molecule has 0 amide bonds. The van der Waals surface area contributed by atoms with Crippen LogP contribution in [0.15, 0.2) is 40.0 Å². The van der Waals surface area contributed by atoms with Gasteiger partial charge in [-0.15, -0.1) is 46.7 Å². The lowest BCUT2D eigenvalue weighted by Gasteiger charge is -2.21. The fraction of sp³-hybridized carbons (Fsp3) is 0.400. The highest BCUT2D eigenvalue weighted by Crippen LogP contribution is 2.10. The number of thiophene rings is 2. The number of nitrogens with zero attached hydrogens (tertiary/aromatic N) is 2. The lowest BCUT2D eigenvalue weighted by molar-refractivity contribution is 0.487. The van der Waals surface area contributed by atoms with E-state index in [1.54, 1.807) is 0 Å². The van der Waals surface area contributed by atoms with Gasteiger partial charge in [-0.25, -0.2) is 0 Å². The van der Waals surface area contributed by atoms with Gasteiger partial charge in [0, 0.05) is 36.9 Å². The highest BCUT2D eigenvalue weighted by atomic mass is 127. The average molecular weight is 435 g/mol. The minimum absolute atomic E-state index is 0. The van der Waals surface area contributed by atoms with Gasteiger partial charge >= 0.3 is 0 Å². The largest absolute Gasteiger partial charge is 0.356 e. The Morgan fingerprint density at radius 1 is 1.14 bits per heavy atom. The van der Waals surface area contributed by atoms with Crippen LogP contribution in [0.5, 0.6) is 0 Å². The van der Waals surface area contributed by atoms with E-state index in [1.165, 1.54) is 9.75 Å². The summed E-state index contributed by atoms with van der Waals surface area (Å²) in [6.07, 6.45) is 2.12. The van der Waals surface area contributed by atoms with Crippen LogP contribution < -0.4 is 5.32 Å². The number of likely N-dealkylation sites (N-methyl/N-ethyl adjacent to an activating group) is 1. The molecule has 116 valence electrons. The molecule has 0 aliphatic rings. The van der Waals surface area contributed by atoms with Crippen molar-refractivity contribution in [1.29, 1.82) is 0 Å². The third-order valence-electron chi connectivity index (χ3n) is 3.08. The molecule has 0 unspecified atom stereocenters. The third kappa shape index (κ3) is 6.36. The van der Waals surface area contributed by atoms with Gasteiger partial charge < -0.3 is 10.2 Å². The van der Waals surface area contributed by atoms with Crippen molar-refractivity contribution in [3.05, 3.63) is 44.8 Å². The summed E-state index contributed by atoms with van der Waals surface area (Å²) in [5, 5.41) is 7.67. The molecule has 0 spiro atoms. The predicted octanol–water partition coefficient (Wildman–Crippen LogP) is 3.72. The van der Waals surface area contributed by atoms with Crippen molar-refractivity contribution in [1.82, 2.24) is 10.2 Å². The first-order valence-corrected chi connectivity index (χ1v) is 8.52. The monoisotopic (exact) mass is 435 g/mol. The van der Waals surface area contributed by atoms with Crippen LogP contribution in [0.3, 0.4) is 0 Å². The molecule has 21 heavy (non-hydrogen) atoms. The van der Waals surface area contributed by atoms with E-state index in [4.69, 9.17) is 0 Å². The molecule has 1 N–H and O–H groups in total. The van der Waals surface area contributed by atoms with Crippen LogP contribution in [-0.4, -0.2) is 38.0 Å². The lowest BCUT2D eigenvalue weighted by atomic mass is 10.3. The van der Waals surface area contributed by atoms with Crippen molar-refractivity contribution >= 4 is 52.6 Å². The molecule has 0 saturated heterocycles. The molecule has 0 aliphatic carbocycles. The van der Waals surface area contributed by atoms with E-state index in [0.29, 0.717) is 0 Å². The molecule has 0 aromatic carbocycles. The van der Waals surface area contributed by atoms with Gasteiger partial charge in [0.25, 0.3) is 0 Å². The highest BCUT2D eigenvalue weighted by molar-refractivity contribution is 14.0. The highest BCUT2D eigenvalue weighted by Gasteiger charge is 2.06. The zero-order chi connectivity index (χ0) is 14.2. The molecule has 2 aromatic heterocycles. The van der Waals surface area contributed by atoms with E-state index < -0.39 is 0 Å². The predicted molar refractivity (Wildman–Crippen MR) is 105 cm³/mol. The molecule has 0 aliphatic heterocycles. The number of hydrogen-bond acceptors (Lipinski definition) is 3. The average Bonchev–Trinajstić information content (AvgIpc) is 3.14. The van der Waals surface area contributed by atoms with Crippen molar-refractivity contribution in [2.24, 2.45) is 4.99 Å². The van der Waals surface area contributed by atoms with Crippen molar-refractivity contribution in [3.8, 4) is 0 Å². The number of rotatable bonds is 6. The molecular weight excluding hydrogens is 413 g/mol. The van der Waals surface area contributed by atoms with Gasteiger partial charge in [-0.2, -0.15) is 0 Å². The summed E-state index contributed by atoms with van der Waals surface area (Å²) in [6, 6.07) is 8.57. The molecule has 2 rings (SSSR count). The second-order valence-corrected chi connectivity index (χ2v) is 6.62. The van der Waals surface area contributed by atoms with Crippen LogP contribution >= 0.6 is 46.7 Å². The first kappa shape index (κ1) is 18.4. The van der Waals surface area contributed by atoms with E-state index >= 15 is 0 Å². The molecule has 2 heterocycles. The van der Waals surface area contributed by atoms with E-state index in [9.17, 15) is 0 Å². The van der Waals surface area contributed by atoms with Gasteiger partial charge in [-0.1, -0.05) is 12.1 Å². The van der Waals surface area contributed by atoms with Gasteiger partial charge in [-0.3, -0.25) is 4.99 Å². The van der Waals surface area contributed by atoms with Crippen LogP contribution in [0.25, 0.3) is 0 Å². The maximum atomic E-state index is 4.35. The first-order chi connectivity index (χ1) is 9.79. The van der Waals surface area contributed by atoms with Crippen LogP contribution in [0.1, 0.15) is 9.75 Å². The third-order valence-corrected chi connectivity index (χ3v) is 4.95. The summed E-state index contributed by atoms with van der Waals surface area (Å²) in [7, 11) is 3.93. The Hall–Kier alpha value is -0.600. The zero-order valence-corrected chi connectivity index (χ0v) is 16.4. The molecule has 3 nitrogen and oxygen atoms in total. The topological polar surface area (TPSA) is 27.6 Å². The van der Waals surface area contributed by atoms with Gasteiger partial charge in [0.15, 0.2) is 5.96 Å². The smallest absolute Gasteiger partial charge is 0.193 e. The van der Waals surface area contributed by atoms with Gasteiger partial charge in [0.1, 0.15) is 0 Å². The summed E-state index contributed by atoms with van der Waals surface area (Å²) < 4.78 is 0. The number of aliphatic imine (C=N–C) groups is 1. The summed E-state index contributed by atoms with van der Waals surface area (Å²) in [5.74, 6) is 0.970. The fourth-order valence-electron chi connectivity index (χ4n) is 1.98. The molecule has 0 fully saturated rings. The van der Waals surface area contributed by atoms with Crippen LogP contribution in [0.4, 0.5) is 0 Å². The van der Waals surface area contributed by atoms with Crippen molar-refractivity contribution in [2.75, 3.05) is 27.2 Å². The van der Waals surface area contributed by atoms with E-state index in [1.807, 2.05) is 29.7 Å². The Kier molecular flexibility index (Phi) is 8.94. The Labute approximate surface area is 152 Å². The molecular formula is C15H22IN3S2. The Morgan fingerprint density at radius 2 is 1.76 bits per heavy atom. The zero-order valence-electron chi connectivity index (χ0n) is 12.4. The second kappa shape index (κ2) is 10.2. The van der Waals surface area contributed by atoms with Gasteiger partial charge in [0.05, 0.1) is 0 Å². The van der Waals surface area contributed by atoms with Crippen LogP contribution in [-0.2, 0) is 12.8 Å². The molecule has 2 aromatic rings. The second-order valence-electron chi connectivity index (χ2n) is 4.55. The first-order valence-electron chi connectivity index (χ1n) is 6.76. The van der Waals surface area contributed by atoms with E-state index in [0.717, 1.165) is 31.9 Å². The molecule has 0 atom stereocenters. The summed E-state index contributed by atoms with van der Waals surface area (Å²) in [6.45, 7) is 1.91. The van der Waals surface area contributed by atoms with E-state index in [-0.39, 0.29) is 24.0 Å². The summed E-state index contributed by atoms with van der Waals surface area (Å²) in [5.41, 5.74) is 0. The number of halogens is 1. The number of guanidine groups is 1. The Balaban J connectivity index is 0.00000220. The molecule has 6 heteroatoms. The minimum Gasteiger partial charge on any atom is -0.356 e. The fourth-order valence-corrected chi connectivity index (χ4v) is 3.38. The van der Waals surface area contributed by atoms with Crippen molar-refractivity contribution in [3.63, 3.8) is 0 Å². The van der Waals surface area contributed by atoms with Gasteiger partial charge in [-0.05, 0) is 35.7 Å². The quantitative estimate of drug-likeness (QED) is 0.426. The number of nitrogens with one attached hydrogen (secondary N) is 1. The van der Waals surface area contributed by atoms with Crippen LogP contribution in [0.2, 0.25) is 0 Å². The standard InChI is InChI=1S/C15H21N3S2.HI/c1-16-15(17-9-7-13-5-3-11-19-13)18(2)10-8-14-6-4-12-20-14;/h3-6,11-12H,7-10H2,1-2H3,(H,16,17);1H. The van der Waals surface area contributed by atoms with Crippen molar-refractivity contribution in [2.45, 2.75) is 12.8 Å². The van der Waals surface area contributed by atoms with Crippen molar-refractivity contribution < 1.29 is 0 Å².